The van der Waals surface area contributed by atoms with Crippen molar-refractivity contribution >= 4 is 61.6 Å². The van der Waals surface area contributed by atoms with Crippen molar-refractivity contribution in [1.29, 1.82) is 0 Å². The number of ether oxygens (including phenoxy) is 1. The number of anilines is 1. The van der Waals surface area contributed by atoms with Gasteiger partial charge in [-0.3, -0.25) is 14.3 Å². The number of hydrogen-bond donors (Lipinski definition) is 1. The number of benzene rings is 3. The third-order valence-corrected chi connectivity index (χ3v) is 12.8. The SMILES string of the molecule is Cc1cc(OCCCc2c3n(c4c(-c5c(C)nn(C)c5C)c(Cl)ccc24)CCCN(c2cccc(C(=O)NS(=O)(=O)C4CC4)c2)C3=O)cc(C)c1Cl. The van der Waals surface area contributed by atoms with Crippen molar-refractivity contribution in [2.24, 2.45) is 7.05 Å². The van der Waals surface area contributed by atoms with E-state index >= 15 is 0 Å². The van der Waals surface area contributed by atoms with Gasteiger partial charge >= 0.3 is 0 Å². The van der Waals surface area contributed by atoms with Crippen LogP contribution in [0.1, 0.15) is 74.6 Å². The highest BCUT2D eigenvalue weighted by Gasteiger charge is 2.37. The number of hydrogen-bond acceptors (Lipinski definition) is 6. The van der Waals surface area contributed by atoms with Crippen LogP contribution in [0.4, 0.5) is 5.69 Å². The van der Waals surface area contributed by atoms with Crippen LogP contribution >= 0.6 is 23.2 Å². The molecule has 13 heteroatoms. The highest BCUT2D eigenvalue weighted by molar-refractivity contribution is 7.91. The van der Waals surface area contributed by atoms with Gasteiger partial charge in [0.15, 0.2) is 0 Å². The summed E-state index contributed by atoms with van der Waals surface area (Å²) >= 11 is 13.4. The highest BCUT2D eigenvalue weighted by Crippen LogP contribution is 2.43. The monoisotopic (exact) mass is 761 g/mol. The summed E-state index contributed by atoms with van der Waals surface area (Å²) in [5, 5.41) is 6.38. The molecule has 0 bridgehead atoms. The fourth-order valence-corrected chi connectivity index (χ4v) is 9.00. The van der Waals surface area contributed by atoms with Gasteiger partial charge in [-0.15, -0.1) is 0 Å². The van der Waals surface area contributed by atoms with Crippen LogP contribution in [-0.2, 0) is 30.0 Å². The van der Waals surface area contributed by atoms with Crippen molar-refractivity contribution in [3.63, 3.8) is 0 Å². The van der Waals surface area contributed by atoms with Crippen LogP contribution < -0.4 is 14.4 Å². The molecule has 1 aliphatic carbocycles. The number of sulfonamides is 1. The maximum atomic E-state index is 14.9. The molecule has 10 nitrogen and oxygen atoms in total. The van der Waals surface area contributed by atoms with Crippen molar-refractivity contribution in [3.8, 4) is 16.9 Å². The third kappa shape index (κ3) is 6.58. The van der Waals surface area contributed by atoms with Gasteiger partial charge in [-0.2, -0.15) is 5.10 Å². The number of carbonyl (C=O) groups excluding carboxylic acids is 2. The standard InChI is InChI=1S/C39H41Cl2N5O5S/c1-22-19-28(20-23(2)35(22)41)51-18-7-11-30-31-14-15-32(40)34(33-24(3)42-44(5)25(33)4)36(31)46-17-8-16-45(39(48)37(30)46)27-10-6-9-26(21-27)38(47)43-52(49,50)29-12-13-29/h6,9-10,14-15,19-21,29H,7-8,11-13,16-18H2,1-5H3,(H,43,47). The van der Waals surface area contributed by atoms with Gasteiger partial charge < -0.3 is 14.2 Å². The molecule has 2 aromatic heterocycles. The van der Waals surface area contributed by atoms with E-state index in [-0.39, 0.29) is 11.5 Å². The Balaban J connectivity index is 1.29. The number of nitrogens with zero attached hydrogens (tertiary/aromatic N) is 4. The second-order valence-electron chi connectivity index (χ2n) is 13.8. The van der Waals surface area contributed by atoms with Gasteiger partial charge in [0, 0.05) is 58.6 Å². The number of amides is 2. The van der Waals surface area contributed by atoms with Gasteiger partial charge in [-0.05, 0) is 113 Å². The summed E-state index contributed by atoms with van der Waals surface area (Å²) in [7, 11) is -1.83. The van der Waals surface area contributed by atoms with Crippen LogP contribution in [0, 0.1) is 27.7 Å². The number of rotatable bonds is 10. The fourth-order valence-electron chi connectivity index (χ4n) is 7.34. The van der Waals surface area contributed by atoms with E-state index in [2.05, 4.69) is 14.4 Å². The van der Waals surface area contributed by atoms with Crippen LogP contribution in [0.25, 0.3) is 22.0 Å². The first kappa shape index (κ1) is 36.1. The molecule has 0 spiro atoms. The molecule has 2 amide bonds. The third-order valence-electron chi connectivity index (χ3n) is 10.1. The van der Waals surface area contributed by atoms with Crippen LogP contribution in [0.3, 0.4) is 0 Å². The maximum absolute atomic E-state index is 14.9. The lowest BCUT2D eigenvalue weighted by Gasteiger charge is -2.22. The zero-order chi connectivity index (χ0) is 37.1. The quantitative estimate of drug-likeness (QED) is 0.145. The van der Waals surface area contributed by atoms with Gasteiger partial charge in [0.1, 0.15) is 11.4 Å². The predicted molar refractivity (Wildman–Crippen MR) is 206 cm³/mol. The number of carbonyl (C=O) groups is 2. The van der Waals surface area contributed by atoms with Gasteiger partial charge in [0.2, 0.25) is 10.0 Å². The number of halogens is 2. The Labute approximate surface area is 313 Å². The average Bonchev–Trinajstić information content (AvgIpc) is 3.90. The van der Waals surface area contributed by atoms with Crippen molar-refractivity contribution in [2.45, 2.75) is 71.6 Å². The molecule has 0 radical (unpaired) electrons. The van der Waals surface area contributed by atoms with E-state index in [1.807, 2.05) is 63.7 Å². The van der Waals surface area contributed by atoms with Crippen LogP contribution in [0.5, 0.6) is 5.75 Å². The van der Waals surface area contributed by atoms with Crippen molar-refractivity contribution < 1.29 is 22.7 Å². The van der Waals surface area contributed by atoms with E-state index in [9.17, 15) is 18.0 Å². The van der Waals surface area contributed by atoms with Crippen molar-refractivity contribution in [2.75, 3.05) is 18.1 Å². The topological polar surface area (TPSA) is 116 Å². The van der Waals surface area contributed by atoms with E-state index < -0.39 is 21.2 Å². The fraction of sp³-hybridized carbons (Fsp3) is 0.359. The highest BCUT2D eigenvalue weighted by atomic mass is 35.5. The number of aryl methyl sites for hydroxylation is 6. The molecule has 3 aromatic carbocycles. The Kier molecular flexibility index (Phi) is 9.65. The first-order chi connectivity index (χ1) is 24.8. The molecular formula is C39H41Cl2N5O5S. The second-order valence-corrected chi connectivity index (χ2v) is 16.6. The number of fused-ring (bicyclic) bond motifs is 3. The zero-order valence-electron chi connectivity index (χ0n) is 29.8. The van der Waals surface area contributed by atoms with Crippen LogP contribution in [0.15, 0.2) is 48.5 Å². The summed E-state index contributed by atoms with van der Waals surface area (Å²) in [6, 6.07) is 14.3. The van der Waals surface area contributed by atoms with E-state index in [0.29, 0.717) is 68.2 Å². The lowest BCUT2D eigenvalue weighted by atomic mass is 9.98. The summed E-state index contributed by atoms with van der Waals surface area (Å²) in [5.41, 5.74) is 8.49. The zero-order valence-corrected chi connectivity index (χ0v) is 32.2. The first-order valence-corrected chi connectivity index (χ1v) is 19.8. The summed E-state index contributed by atoms with van der Waals surface area (Å²) in [6.07, 6.45) is 2.90. The summed E-state index contributed by atoms with van der Waals surface area (Å²) < 4.78 is 37.4. The van der Waals surface area contributed by atoms with E-state index in [0.717, 1.165) is 60.9 Å². The van der Waals surface area contributed by atoms with Crippen LogP contribution in [0.2, 0.25) is 10.0 Å². The minimum atomic E-state index is -3.74. The maximum Gasteiger partial charge on any atom is 0.275 e. The molecule has 2 aliphatic rings. The summed E-state index contributed by atoms with van der Waals surface area (Å²) in [5.74, 6) is -0.176. The molecule has 52 heavy (non-hydrogen) atoms. The molecule has 5 aromatic rings. The van der Waals surface area contributed by atoms with Crippen molar-refractivity contribution in [1.82, 2.24) is 19.1 Å². The molecular weight excluding hydrogens is 721 g/mol. The predicted octanol–water partition coefficient (Wildman–Crippen LogP) is 7.87. The smallest absolute Gasteiger partial charge is 0.275 e. The van der Waals surface area contributed by atoms with Crippen molar-refractivity contribution in [3.05, 3.63) is 97.9 Å². The molecule has 0 unspecified atom stereocenters. The Morgan fingerprint density at radius 1 is 1.00 bits per heavy atom. The molecule has 1 fully saturated rings. The minimum Gasteiger partial charge on any atom is -0.494 e. The average molecular weight is 763 g/mol. The molecule has 1 N–H and O–H groups in total. The molecule has 0 atom stereocenters. The van der Waals surface area contributed by atoms with Crippen LogP contribution in [-0.4, -0.2) is 53.0 Å². The summed E-state index contributed by atoms with van der Waals surface area (Å²) in [4.78, 5) is 29.6. The first-order valence-electron chi connectivity index (χ1n) is 17.5. The molecule has 1 aliphatic heterocycles. The Morgan fingerprint density at radius 3 is 2.40 bits per heavy atom. The minimum absolute atomic E-state index is 0.168. The lowest BCUT2D eigenvalue weighted by molar-refractivity contribution is 0.0970. The Morgan fingerprint density at radius 2 is 1.73 bits per heavy atom. The molecule has 0 saturated heterocycles. The van der Waals surface area contributed by atoms with Gasteiger partial charge in [0.25, 0.3) is 11.8 Å². The molecule has 7 rings (SSSR count). The molecule has 1 saturated carbocycles. The van der Waals surface area contributed by atoms with E-state index in [1.165, 1.54) is 0 Å². The molecule has 3 heterocycles. The Hall–Kier alpha value is -4.32. The van der Waals surface area contributed by atoms with Gasteiger partial charge in [0.05, 0.1) is 28.1 Å². The van der Waals surface area contributed by atoms with Gasteiger partial charge in [-0.25, -0.2) is 13.1 Å². The number of aromatic nitrogens is 3. The Bertz CT molecular complexity index is 2350. The summed E-state index contributed by atoms with van der Waals surface area (Å²) in [6.45, 7) is 9.26. The van der Waals surface area contributed by atoms with Gasteiger partial charge in [-0.1, -0.05) is 35.3 Å². The lowest BCUT2D eigenvalue weighted by Crippen LogP contribution is -2.34. The largest absolute Gasteiger partial charge is 0.494 e. The van der Waals surface area contributed by atoms with E-state index in [4.69, 9.17) is 27.9 Å². The normalized spacial score (nSPS) is 14.8. The van der Waals surface area contributed by atoms with E-state index in [1.54, 1.807) is 29.2 Å². The number of nitrogens with one attached hydrogen (secondary N) is 1. The second kappa shape index (κ2) is 13.9. The molecule has 272 valence electrons.